The van der Waals surface area contributed by atoms with Crippen molar-refractivity contribution in [1.29, 1.82) is 0 Å². The van der Waals surface area contributed by atoms with Crippen LogP contribution in [-0.4, -0.2) is 36.2 Å². The Morgan fingerprint density at radius 2 is 1.83 bits per heavy atom. The summed E-state index contributed by atoms with van der Waals surface area (Å²) in [5.41, 5.74) is 9.65. The summed E-state index contributed by atoms with van der Waals surface area (Å²) >= 11 is 1.30. The van der Waals surface area contributed by atoms with Gasteiger partial charge in [0.15, 0.2) is 0 Å². The Morgan fingerprint density at radius 1 is 1.10 bits per heavy atom. The van der Waals surface area contributed by atoms with Gasteiger partial charge in [0, 0.05) is 0 Å². The van der Waals surface area contributed by atoms with Crippen molar-refractivity contribution in [2.45, 2.75) is 31.8 Å². The minimum atomic E-state index is -0.387. The van der Waals surface area contributed by atoms with E-state index in [2.05, 4.69) is 21.5 Å². The molecule has 2 amide bonds. The molecule has 0 aromatic heterocycles. The number of thioether (sulfide) groups is 1. The van der Waals surface area contributed by atoms with Crippen molar-refractivity contribution in [3.05, 3.63) is 59.2 Å². The van der Waals surface area contributed by atoms with Gasteiger partial charge in [-0.05, 0) is 43.5 Å². The summed E-state index contributed by atoms with van der Waals surface area (Å²) in [5, 5.41) is 5.75. The fourth-order valence-corrected chi connectivity index (χ4v) is 3.70. The Balaban J connectivity index is 1.46. The molecular formula is C21H26N4O3S. The van der Waals surface area contributed by atoms with E-state index in [0.29, 0.717) is 17.9 Å². The number of hydrogen-bond donors (Lipinski definition) is 4. The molecule has 2 aromatic carbocycles. The summed E-state index contributed by atoms with van der Waals surface area (Å²) in [5.74, 6) is 0.525. The third kappa shape index (κ3) is 5.96. The molecule has 0 saturated carbocycles. The van der Waals surface area contributed by atoms with Crippen LogP contribution in [0.3, 0.4) is 0 Å². The lowest BCUT2D eigenvalue weighted by atomic mass is 10.0. The van der Waals surface area contributed by atoms with Gasteiger partial charge in [0.2, 0.25) is 11.8 Å². The Labute approximate surface area is 174 Å². The van der Waals surface area contributed by atoms with Gasteiger partial charge in [0.25, 0.3) is 0 Å². The van der Waals surface area contributed by atoms with Crippen LogP contribution in [0.5, 0.6) is 5.75 Å². The van der Waals surface area contributed by atoms with Gasteiger partial charge in [0.1, 0.15) is 17.3 Å². The summed E-state index contributed by atoms with van der Waals surface area (Å²) in [4.78, 5) is 24.7. The lowest BCUT2D eigenvalue weighted by Gasteiger charge is -2.31. The summed E-state index contributed by atoms with van der Waals surface area (Å²) in [6, 6.07) is 13.3. The molecule has 3 rings (SSSR count). The van der Waals surface area contributed by atoms with Crippen molar-refractivity contribution in [3.63, 3.8) is 0 Å². The number of rotatable bonds is 7. The lowest BCUT2D eigenvalue weighted by Crippen LogP contribution is -2.64. The number of carbonyl (C=O) groups excluding carboxylic acids is 2. The number of amides is 2. The van der Waals surface area contributed by atoms with Crippen LogP contribution in [0, 0.1) is 13.8 Å². The lowest BCUT2D eigenvalue weighted by molar-refractivity contribution is -0.125. The zero-order chi connectivity index (χ0) is 20.8. The van der Waals surface area contributed by atoms with E-state index in [1.54, 1.807) is 7.11 Å². The van der Waals surface area contributed by atoms with Crippen molar-refractivity contribution >= 4 is 29.3 Å². The first-order valence-electron chi connectivity index (χ1n) is 9.37. The highest BCUT2D eigenvalue weighted by atomic mass is 32.2. The molecule has 4 N–H and O–H groups in total. The van der Waals surface area contributed by atoms with Gasteiger partial charge in [0.05, 0.1) is 18.6 Å². The minimum Gasteiger partial charge on any atom is -0.495 e. The topological polar surface area (TPSA) is 91.5 Å². The predicted octanol–water partition coefficient (Wildman–Crippen LogP) is 2.10. The van der Waals surface area contributed by atoms with E-state index >= 15 is 0 Å². The normalized spacial score (nSPS) is 18.8. The van der Waals surface area contributed by atoms with Gasteiger partial charge in [-0.1, -0.05) is 35.9 Å². The number of aryl methyl sites for hydroxylation is 2. The highest BCUT2D eigenvalue weighted by molar-refractivity contribution is 8.00. The van der Waals surface area contributed by atoms with Gasteiger partial charge in [-0.2, -0.15) is 0 Å². The molecule has 1 aliphatic rings. The first kappa shape index (κ1) is 21.2. The summed E-state index contributed by atoms with van der Waals surface area (Å²) < 4.78 is 5.28. The SMILES string of the molecule is COc1ccc(C)cc1NC(=O)CSC1NNC(Cc2ccc(C)cc2)C(=O)N1. The predicted molar refractivity (Wildman–Crippen MR) is 116 cm³/mol. The molecular weight excluding hydrogens is 388 g/mol. The van der Waals surface area contributed by atoms with Gasteiger partial charge in [-0.15, -0.1) is 11.8 Å². The number of methoxy groups -OCH3 is 1. The van der Waals surface area contributed by atoms with E-state index in [9.17, 15) is 9.59 Å². The Morgan fingerprint density at radius 3 is 2.52 bits per heavy atom. The molecule has 154 valence electrons. The van der Waals surface area contributed by atoms with Crippen molar-refractivity contribution < 1.29 is 14.3 Å². The molecule has 1 heterocycles. The van der Waals surface area contributed by atoms with Gasteiger partial charge < -0.3 is 15.4 Å². The molecule has 1 aliphatic heterocycles. The highest BCUT2D eigenvalue weighted by Gasteiger charge is 2.27. The summed E-state index contributed by atoms with van der Waals surface area (Å²) in [7, 11) is 1.56. The number of anilines is 1. The fraction of sp³-hybridized carbons (Fsp3) is 0.333. The fourth-order valence-electron chi connectivity index (χ4n) is 2.96. The van der Waals surface area contributed by atoms with Crippen molar-refractivity contribution in [1.82, 2.24) is 16.2 Å². The first-order chi connectivity index (χ1) is 13.9. The third-order valence-corrected chi connectivity index (χ3v) is 5.55. The Bertz CT molecular complexity index is 873. The summed E-state index contributed by atoms with van der Waals surface area (Å²) in [6.45, 7) is 3.98. The van der Waals surface area contributed by atoms with Crippen LogP contribution < -0.4 is 26.2 Å². The number of nitrogens with one attached hydrogen (secondary N) is 4. The van der Waals surface area contributed by atoms with Crippen LogP contribution in [0.25, 0.3) is 0 Å². The van der Waals surface area contributed by atoms with Gasteiger partial charge in [-0.3, -0.25) is 9.59 Å². The minimum absolute atomic E-state index is 0.0948. The maximum absolute atomic E-state index is 12.4. The third-order valence-electron chi connectivity index (χ3n) is 4.55. The highest BCUT2D eigenvalue weighted by Crippen LogP contribution is 2.25. The van der Waals surface area contributed by atoms with E-state index in [1.165, 1.54) is 17.3 Å². The van der Waals surface area contributed by atoms with Crippen molar-refractivity contribution in [3.8, 4) is 5.75 Å². The number of benzene rings is 2. The molecule has 7 nitrogen and oxygen atoms in total. The Kier molecular flexibility index (Phi) is 7.13. The second-order valence-corrected chi connectivity index (χ2v) is 8.08. The van der Waals surface area contributed by atoms with E-state index in [0.717, 1.165) is 11.1 Å². The molecule has 2 unspecified atom stereocenters. The molecule has 2 atom stereocenters. The molecule has 1 saturated heterocycles. The zero-order valence-corrected chi connectivity index (χ0v) is 17.6. The zero-order valence-electron chi connectivity index (χ0n) is 16.7. The number of hydrazine groups is 1. The smallest absolute Gasteiger partial charge is 0.240 e. The summed E-state index contributed by atoms with van der Waals surface area (Å²) in [6.07, 6.45) is 0.587. The van der Waals surface area contributed by atoms with E-state index in [1.807, 2.05) is 56.3 Å². The largest absolute Gasteiger partial charge is 0.495 e. The van der Waals surface area contributed by atoms with Crippen LogP contribution >= 0.6 is 11.8 Å². The standard InChI is InChI=1S/C21H26N4O3S/c1-13-4-7-15(8-5-13)11-17-20(27)23-21(25-24-17)29-12-19(26)22-16-10-14(2)6-9-18(16)28-3/h4-10,17,21,24-25H,11-12H2,1-3H3,(H,22,26)(H,23,27). The monoisotopic (exact) mass is 414 g/mol. The molecule has 1 fully saturated rings. The molecule has 8 heteroatoms. The second kappa shape index (κ2) is 9.78. The van der Waals surface area contributed by atoms with Crippen LogP contribution in [0.1, 0.15) is 16.7 Å². The van der Waals surface area contributed by atoms with E-state index in [4.69, 9.17) is 4.74 Å². The van der Waals surface area contributed by atoms with Gasteiger partial charge >= 0.3 is 0 Å². The van der Waals surface area contributed by atoms with Gasteiger partial charge in [-0.25, -0.2) is 10.9 Å². The second-order valence-electron chi connectivity index (χ2n) is 6.98. The Hall–Kier alpha value is -2.55. The van der Waals surface area contributed by atoms with Crippen molar-refractivity contribution in [2.24, 2.45) is 0 Å². The molecule has 0 spiro atoms. The maximum Gasteiger partial charge on any atom is 0.240 e. The number of carbonyl (C=O) groups is 2. The van der Waals surface area contributed by atoms with Crippen LogP contribution in [0.15, 0.2) is 42.5 Å². The molecule has 0 bridgehead atoms. The quantitative estimate of drug-likeness (QED) is 0.555. The maximum atomic E-state index is 12.4. The molecule has 0 radical (unpaired) electrons. The van der Waals surface area contributed by atoms with Crippen LogP contribution in [0.2, 0.25) is 0 Å². The number of ether oxygens (including phenoxy) is 1. The van der Waals surface area contributed by atoms with E-state index in [-0.39, 0.29) is 29.1 Å². The van der Waals surface area contributed by atoms with Crippen LogP contribution in [-0.2, 0) is 16.0 Å². The van der Waals surface area contributed by atoms with E-state index < -0.39 is 0 Å². The van der Waals surface area contributed by atoms with Crippen LogP contribution in [0.4, 0.5) is 5.69 Å². The average molecular weight is 415 g/mol. The first-order valence-corrected chi connectivity index (χ1v) is 10.4. The average Bonchev–Trinajstić information content (AvgIpc) is 2.70. The number of hydrogen-bond acceptors (Lipinski definition) is 6. The molecule has 0 aliphatic carbocycles. The molecule has 29 heavy (non-hydrogen) atoms. The van der Waals surface area contributed by atoms with Crippen molar-refractivity contribution in [2.75, 3.05) is 18.2 Å². The molecule has 2 aromatic rings.